The summed E-state index contributed by atoms with van der Waals surface area (Å²) in [5.41, 5.74) is -0.234. The van der Waals surface area contributed by atoms with Crippen LogP contribution in [0.3, 0.4) is 0 Å². The van der Waals surface area contributed by atoms with E-state index in [2.05, 4.69) is 9.97 Å². The lowest BCUT2D eigenvalue weighted by atomic mass is 10.5. The minimum absolute atomic E-state index is 0.0302. The lowest BCUT2D eigenvalue weighted by molar-refractivity contribution is 0.322. The molecule has 0 amide bonds. The molecular formula is C9H12N4O3S. The number of fused-ring (bicyclic) bond motifs is 1. The Balaban J connectivity index is 2.70. The first kappa shape index (κ1) is 11.9. The van der Waals surface area contributed by atoms with E-state index in [9.17, 15) is 9.59 Å². The highest BCUT2D eigenvalue weighted by Crippen LogP contribution is 2.18. The first-order valence-electron chi connectivity index (χ1n) is 4.95. The Hall–Kier alpha value is -1.54. The summed E-state index contributed by atoms with van der Waals surface area (Å²) in [4.78, 5) is 30.0. The van der Waals surface area contributed by atoms with Crippen molar-refractivity contribution in [3.05, 3.63) is 20.8 Å². The standard InChI is InChI=1S/C9H12N4O3S/c1-12-5-6(11-9(12)17-4-3-14)10-8(16)13(2)7(5)15/h14H,3-4H2,1-2H3,(H,10,16). The second-order valence-corrected chi connectivity index (χ2v) is 4.58. The van der Waals surface area contributed by atoms with E-state index in [-0.39, 0.29) is 17.8 Å². The van der Waals surface area contributed by atoms with Gasteiger partial charge < -0.3 is 9.67 Å². The van der Waals surface area contributed by atoms with Gasteiger partial charge in [-0.05, 0) is 0 Å². The molecule has 2 N–H and O–H groups in total. The van der Waals surface area contributed by atoms with Crippen LogP contribution in [0.25, 0.3) is 11.2 Å². The molecule has 0 atom stereocenters. The average Bonchev–Trinajstić information content (AvgIpc) is 2.60. The summed E-state index contributed by atoms with van der Waals surface area (Å²) in [5, 5.41) is 9.35. The summed E-state index contributed by atoms with van der Waals surface area (Å²) in [6.07, 6.45) is 0. The van der Waals surface area contributed by atoms with E-state index in [0.29, 0.717) is 16.4 Å². The third-order valence-corrected chi connectivity index (χ3v) is 3.42. The number of imidazole rings is 1. The molecule has 0 aliphatic rings. The molecule has 7 nitrogen and oxygen atoms in total. The maximum Gasteiger partial charge on any atom is 0.329 e. The lowest BCUT2D eigenvalue weighted by Gasteiger charge is -2.00. The van der Waals surface area contributed by atoms with E-state index >= 15 is 0 Å². The molecule has 2 aromatic rings. The number of hydrogen-bond acceptors (Lipinski definition) is 5. The highest BCUT2D eigenvalue weighted by molar-refractivity contribution is 7.99. The molecule has 0 saturated heterocycles. The molecule has 2 heterocycles. The fourth-order valence-corrected chi connectivity index (χ4v) is 2.23. The van der Waals surface area contributed by atoms with Crippen LogP contribution in [0, 0.1) is 0 Å². The molecule has 8 heteroatoms. The van der Waals surface area contributed by atoms with Crippen LogP contribution in [0.2, 0.25) is 0 Å². The molecule has 17 heavy (non-hydrogen) atoms. The van der Waals surface area contributed by atoms with Crippen molar-refractivity contribution in [2.75, 3.05) is 12.4 Å². The normalized spacial score (nSPS) is 11.2. The molecule has 0 spiro atoms. The highest BCUT2D eigenvalue weighted by Gasteiger charge is 2.14. The zero-order chi connectivity index (χ0) is 12.6. The minimum Gasteiger partial charge on any atom is -0.396 e. The van der Waals surface area contributed by atoms with Crippen molar-refractivity contribution in [1.82, 2.24) is 19.1 Å². The van der Waals surface area contributed by atoms with E-state index < -0.39 is 5.69 Å². The number of aliphatic hydroxyl groups is 1. The maximum absolute atomic E-state index is 11.9. The Morgan fingerprint density at radius 3 is 2.71 bits per heavy atom. The highest BCUT2D eigenvalue weighted by atomic mass is 32.2. The Kier molecular flexibility index (Phi) is 3.07. The number of nitrogens with one attached hydrogen (secondary N) is 1. The van der Waals surface area contributed by atoms with Crippen LogP contribution in [0.5, 0.6) is 0 Å². The van der Waals surface area contributed by atoms with Gasteiger partial charge >= 0.3 is 5.69 Å². The van der Waals surface area contributed by atoms with Gasteiger partial charge in [-0.3, -0.25) is 14.3 Å². The van der Waals surface area contributed by atoms with Crippen LogP contribution in [0.15, 0.2) is 14.7 Å². The largest absolute Gasteiger partial charge is 0.396 e. The fourth-order valence-electron chi connectivity index (χ4n) is 1.51. The number of aromatic amines is 1. The summed E-state index contributed by atoms with van der Waals surface area (Å²) in [6.45, 7) is 0.0302. The van der Waals surface area contributed by atoms with Crippen LogP contribution < -0.4 is 11.2 Å². The predicted molar refractivity (Wildman–Crippen MR) is 64.4 cm³/mol. The van der Waals surface area contributed by atoms with Gasteiger partial charge in [-0.2, -0.15) is 0 Å². The number of rotatable bonds is 3. The molecular weight excluding hydrogens is 244 g/mol. The van der Waals surface area contributed by atoms with Crippen molar-refractivity contribution in [3.63, 3.8) is 0 Å². The second-order valence-electron chi connectivity index (χ2n) is 3.52. The zero-order valence-corrected chi connectivity index (χ0v) is 10.2. The third kappa shape index (κ3) is 1.89. The van der Waals surface area contributed by atoms with Crippen LogP contribution in [0.4, 0.5) is 0 Å². The van der Waals surface area contributed by atoms with Gasteiger partial charge in [0, 0.05) is 19.8 Å². The lowest BCUT2D eigenvalue weighted by Crippen LogP contribution is -2.33. The van der Waals surface area contributed by atoms with Gasteiger partial charge in [0.05, 0.1) is 6.61 Å². The third-order valence-electron chi connectivity index (χ3n) is 2.41. The number of H-pyrrole nitrogens is 1. The van der Waals surface area contributed by atoms with Crippen molar-refractivity contribution in [3.8, 4) is 0 Å². The smallest absolute Gasteiger partial charge is 0.329 e. The van der Waals surface area contributed by atoms with Gasteiger partial charge in [-0.1, -0.05) is 11.8 Å². The molecule has 0 aliphatic carbocycles. The van der Waals surface area contributed by atoms with Gasteiger partial charge in [0.15, 0.2) is 16.3 Å². The molecule has 0 saturated carbocycles. The number of aryl methyl sites for hydroxylation is 1. The summed E-state index contributed by atoms with van der Waals surface area (Å²) < 4.78 is 2.62. The first-order valence-corrected chi connectivity index (χ1v) is 5.94. The van der Waals surface area contributed by atoms with Gasteiger partial charge in [0.1, 0.15) is 0 Å². The number of aliphatic hydroxyl groups excluding tert-OH is 1. The molecule has 2 aromatic heterocycles. The van der Waals surface area contributed by atoms with Crippen molar-refractivity contribution in [2.45, 2.75) is 5.16 Å². The zero-order valence-electron chi connectivity index (χ0n) is 9.43. The van der Waals surface area contributed by atoms with Crippen LogP contribution in [0.1, 0.15) is 0 Å². The number of aromatic nitrogens is 4. The van der Waals surface area contributed by atoms with Crippen molar-refractivity contribution in [2.24, 2.45) is 14.1 Å². The molecule has 0 aromatic carbocycles. The molecule has 0 fully saturated rings. The monoisotopic (exact) mass is 256 g/mol. The summed E-state index contributed by atoms with van der Waals surface area (Å²) in [5.74, 6) is 0.488. The number of thioether (sulfide) groups is 1. The summed E-state index contributed by atoms with van der Waals surface area (Å²) >= 11 is 1.32. The van der Waals surface area contributed by atoms with E-state index in [1.807, 2.05) is 0 Å². The molecule has 92 valence electrons. The topological polar surface area (TPSA) is 92.9 Å². The Morgan fingerprint density at radius 1 is 1.35 bits per heavy atom. The van der Waals surface area contributed by atoms with E-state index in [4.69, 9.17) is 5.11 Å². The van der Waals surface area contributed by atoms with E-state index in [1.54, 1.807) is 11.6 Å². The SMILES string of the molecule is Cn1c(=O)[nH]c2nc(SCCO)n(C)c2c1=O. The second kappa shape index (κ2) is 4.38. The van der Waals surface area contributed by atoms with Crippen LogP contribution in [-0.4, -0.2) is 36.6 Å². The molecule has 0 bridgehead atoms. The molecule has 0 radical (unpaired) electrons. The predicted octanol–water partition coefficient (Wildman–Crippen LogP) is -0.955. The molecule has 0 unspecified atom stereocenters. The van der Waals surface area contributed by atoms with Gasteiger partial charge in [-0.15, -0.1) is 0 Å². The average molecular weight is 256 g/mol. The number of hydrogen-bond donors (Lipinski definition) is 2. The van der Waals surface area contributed by atoms with Gasteiger partial charge in [0.25, 0.3) is 5.56 Å². The maximum atomic E-state index is 11.9. The summed E-state index contributed by atoms with van der Waals surface area (Å²) in [6, 6.07) is 0. The van der Waals surface area contributed by atoms with Crippen molar-refractivity contribution in [1.29, 1.82) is 0 Å². The van der Waals surface area contributed by atoms with Crippen molar-refractivity contribution < 1.29 is 5.11 Å². The van der Waals surface area contributed by atoms with Gasteiger partial charge in [-0.25, -0.2) is 9.78 Å². The Labute approximate surface area is 100 Å². The first-order chi connectivity index (χ1) is 8.06. The molecule has 0 aliphatic heterocycles. The molecule has 2 rings (SSSR count). The minimum atomic E-state index is -0.487. The Morgan fingerprint density at radius 2 is 2.06 bits per heavy atom. The van der Waals surface area contributed by atoms with Crippen LogP contribution in [-0.2, 0) is 14.1 Å². The summed E-state index contributed by atoms with van der Waals surface area (Å²) in [7, 11) is 3.11. The van der Waals surface area contributed by atoms with E-state index in [0.717, 1.165) is 4.57 Å². The van der Waals surface area contributed by atoms with Gasteiger partial charge in [0.2, 0.25) is 0 Å². The Bertz CT molecular complexity index is 669. The van der Waals surface area contributed by atoms with E-state index in [1.165, 1.54) is 18.8 Å². The van der Waals surface area contributed by atoms with Crippen molar-refractivity contribution >= 4 is 22.9 Å². The fraction of sp³-hybridized carbons (Fsp3) is 0.444. The van der Waals surface area contributed by atoms with Crippen LogP contribution >= 0.6 is 11.8 Å². The quantitative estimate of drug-likeness (QED) is 0.690. The number of nitrogens with zero attached hydrogens (tertiary/aromatic N) is 3.